The highest BCUT2D eigenvalue weighted by Crippen LogP contribution is 2.21. The van der Waals surface area contributed by atoms with E-state index in [1.54, 1.807) is 0 Å². The van der Waals surface area contributed by atoms with Gasteiger partial charge in [0.05, 0.1) is 6.42 Å². The van der Waals surface area contributed by atoms with Crippen molar-refractivity contribution in [2.24, 2.45) is 5.92 Å². The lowest BCUT2D eigenvalue weighted by Gasteiger charge is -2.32. The van der Waals surface area contributed by atoms with Crippen molar-refractivity contribution in [1.82, 2.24) is 5.32 Å². The second-order valence-corrected chi connectivity index (χ2v) is 5.09. The van der Waals surface area contributed by atoms with E-state index in [-0.39, 0.29) is 18.2 Å². The molecule has 0 saturated carbocycles. The van der Waals surface area contributed by atoms with Crippen LogP contribution < -0.4 is 5.32 Å². The molecule has 0 spiro atoms. The Labute approximate surface area is 110 Å². The van der Waals surface area contributed by atoms with Crippen LogP contribution in [-0.4, -0.2) is 22.5 Å². The third-order valence-corrected chi connectivity index (χ3v) is 3.67. The zero-order valence-corrected chi connectivity index (χ0v) is 12.1. The Morgan fingerprint density at radius 2 is 1.78 bits per heavy atom. The monoisotopic (exact) mass is 257 g/mol. The average Bonchev–Trinajstić information content (AvgIpc) is 2.34. The van der Waals surface area contributed by atoms with E-state index in [4.69, 9.17) is 5.11 Å². The van der Waals surface area contributed by atoms with E-state index in [1.807, 2.05) is 20.8 Å². The average molecular weight is 257 g/mol. The van der Waals surface area contributed by atoms with E-state index in [0.717, 1.165) is 19.3 Å². The van der Waals surface area contributed by atoms with Gasteiger partial charge in [-0.05, 0) is 19.3 Å². The molecule has 0 rings (SSSR count). The van der Waals surface area contributed by atoms with Crippen LogP contribution in [0.15, 0.2) is 0 Å². The third-order valence-electron chi connectivity index (χ3n) is 3.67. The number of carbonyl (C=O) groups excluding carboxylic acids is 1. The SMILES string of the molecule is CCCCC(C)C(=O)NC(CC)(CC)CC(=O)O. The number of nitrogens with one attached hydrogen (secondary N) is 1. The van der Waals surface area contributed by atoms with E-state index >= 15 is 0 Å². The highest BCUT2D eigenvalue weighted by atomic mass is 16.4. The predicted molar refractivity (Wildman–Crippen MR) is 72.4 cm³/mol. The molecular formula is C14H27NO3. The fourth-order valence-corrected chi connectivity index (χ4v) is 2.04. The van der Waals surface area contributed by atoms with Gasteiger partial charge in [-0.2, -0.15) is 0 Å². The molecule has 0 aliphatic carbocycles. The molecule has 0 aliphatic heterocycles. The van der Waals surface area contributed by atoms with Gasteiger partial charge >= 0.3 is 5.97 Å². The van der Waals surface area contributed by atoms with Gasteiger partial charge in [-0.1, -0.05) is 40.5 Å². The molecule has 0 heterocycles. The van der Waals surface area contributed by atoms with Crippen LogP contribution >= 0.6 is 0 Å². The number of unbranched alkanes of at least 4 members (excludes halogenated alkanes) is 1. The number of rotatable bonds is 9. The van der Waals surface area contributed by atoms with Crippen molar-refractivity contribution in [3.8, 4) is 0 Å². The summed E-state index contributed by atoms with van der Waals surface area (Å²) in [5.41, 5.74) is -0.594. The predicted octanol–water partition coefficient (Wildman–Crippen LogP) is 2.96. The number of carboxylic acids is 1. The zero-order chi connectivity index (χ0) is 14.2. The number of hydrogen-bond donors (Lipinski definition) is 2. The molecule has 0 aromatic rings. The minimum Gasteiger partial charge on any atom is -0.481 e. The molecule has 0 fully saturated rings. The van der Waals surface area contributed by atoms with Crippen molar-refractivity contribution in [2.75, 3.05) is 0 Å². The Morgan fingerprint density at radius 1 is 1.22 bits per heavy atom. The van der Waals surface area contributed by atoms with Gasteiger partial charge in [0.25, 0.3) is 0 Å². The first kappa shape index (κ1) is 16.9. The van der Waals surface area contributed by atoms with Gasteiger partial charge in [-0.25, -0.2) is 0 Å². The minimum absolute atomic E-state index is 0.00770. The van der Waals surface area contributed by atoms with Gasteiger partial charge in [-0.3, -0.25) is 9.59 Å². The lowest BCUT2D eigenvalue weighted by Crippen LogP contribution is -2.50. The summed E-state index contributed by atoms with van der Waals surface area (Å²) in [6, 6.07) is 0. The van der Waals surface area contributed by atoms with Crippen LogP contribution in [0.5, 0.6) is 0 Å². The molecule has 1 atom stereocenters. The molecule has 4 heteroatoms. The first-order valence-electron chi connectivity index (χ1n) is 6.94. The van der Waals surface area contributed by atoms with Crippen LogP contribution in [0.2, 0.25) is 0 Å². The van der Waals surface area contributed by atoms with Gasteiger partial charge < -0.3 is 10.4 Å². The van der Waals surface area contributed by atoms with Gasteiger partial charge in [0.2, 0.25) is 5.91 Å². The molecule has 0 radical (unpaired) electrons. The van der Waals surface area contributed by atoms with Gasteiger partial charge in [0.15, 0.2) is 0 Å². The second-order valence-electron chi connectivity index (χ2n) is 5.09. The van der Waals surface area contributed by atoms with Crippen LogP contribution in [0.3, 0.4) is 0 Å². The highest BCUT2D eigenvalue weighted by molar-refractivity contribution is 5.80. The maximum Gasteiger partial charge on any atom is 0.305 e. The van der Waals surface area contributed by atoms with Gasteiger partial charge in [0, 0.05) is 11.5 Å². The largest absolute Gasteiger partial charge is 0.481 e. The molecule has 0 aromatic carbocycles. The van der Waals surface area contributed by atoms with Gasteiger partial charge in [-0.15, -0.1) is 0 Å². The number of hydrogen-bond acceptors (Lipinski definition) is 2. The smallest absolute Gasteiger partial charge is 0.305 e. The van der Waals surface area contributed by atoms with Crippen LogP contribution in [0.4, 0.5) is 0 Å². The summed E-state index contributed by atoms with van der Waals surface area (Å²) >= 11 is 0. The zero-order valence-electron chi connectivity index (χ0n) is 12.1. The standard InChI is InChI=1S/C14H27NO3/c1-5-8-9-11(4)13(18)15-14(6-2,7-3)10-12(16)17/h11H,5-10H2,1-4H3,(H,15,18)(H,16,17). The molecule has 0 aromatic heterocycles. The summed E-state index contributed by atoms with van der Waals surface area (Å²) < 4.78 is 0. The number of aliphatic carboxylic acids is 1. The Kier molecular flexibility index (Phi) is 7.64. The number of carboxylic acid groups (broad SMARTS) is 1. The van der Waals surface area contributed by atoms with Crippen molar-refractivity contribution in [1.29, 1.82) is 0 Å². The molecule has 18 heavy (non-hydrogen) atoms. The van der Waals surface area contributed by atoms with Crippen LogP contribution in [0.25, 0.3) is 0 Å². The summed E-state index contributed by atoms with van der Waals surface area (Å²) in [5, 5.41) is 11.9. The summed E-state index contributed by atoms with van der Waals surface area (Å²) in [4.78, 5) is 23.0. The third kappa shape index (κ3) is 5.52. The van der Waals surface area contributed by atoms with Crippen molar-refractivity contribution in [3.63, 3.8) is 0 Å². The fourth-order valence-electron chi connectivity index (χ4n) is 2.04. The molecule has 106 valence electrons. The van der Waals surface area contributed by atoms with Crippen molar-refractivity contribution in [3.05, 3.63) is 0 Å². The van der Waals surface area contributed by atoms with E-state index in [9.17, 15) is 9.59 Å². The van der Waals surface area contributed by atoms with Crippen molar-refractivity contribution in [2.45, 2.75) is 71.8 Å². The first-order valence-corrected chi connectivity index (χ1v) is 6.94. The Balaban J connectivity index is 4.57. The summed E-state index contributed by atoms with van der Waals surface area (Å²) in [6.07, 6.45) is 4.23. The van der Waals surface area contributed by atoms with Crippen molar-refractivity contribution < 1.29 is 14.7 Å². The molecule has 1 amide bonds. The summed E-state index contributed by atoms with van der Waals surface area (Å²) in [5.74, 6) is -0.926. The number of amides is 1. The lowest BCUT2D eigenvalue weighted by molar-refractivity contribution is -0.139. The van der Waals surface area contributed by atoms with E-state index in [1.165, 1.54) is 0 Å². The summed E-state index contributed by atoms with van der Waals surface area (Å²) in [7, 11) is 0. The lowest BCUT2D eigenvalue weighted by atomic mass is 9.88. The molecule has 1 unspecified atom stereocenters. The second kappa shape index (κ2) is 8.11. The number of carbonyl (C=O) groups is 2. The highest BCUT2D eigenvalue weighted by Gasteiger charge is 2.32. The Bertz CT molecular complexity index is 272. The molecular weight excluding hydrogens is 230 g/mol. The van der Waals surface area contributed by atoms with E-state index < -0.39 is 11.5 Å². The van der Waals surface area contributed by atoms with Gasteiger partial charge in [0.1, 0.15) is 0 Å². The van der Waals surface area contributed by atoms with Crippen LogP contribution in [-0.2, 0) is 9.59 Å². The molecule has 4 nitrogen and oxygen atoms in total. The van der Waals surface area contributed by atoms with Crippen LogP contribution in [0, 0.1) is 5.92 Å². The van der Waals surface area contributed by atoms with Crippen molar-refractivity contribution >= 4 is 11.9 Å². The maximum atomic E-state index is 12.1. The normalized spacial score (nSPS) is 13.1. The topological polar surface area (TPSA) is 66.4 Å². The minimum atomic E-state index is -0.861. The maximum absolute atomic E-state index is 12.1. The Hall–Kier alpha value is -1.06. The molecule has 0 bridgehead atoms. The quantitative estimate of drug-likeness (QED) is 0.667. The first-order chi connectivity index (χ1) is 8.40. The van der Waals surface area contributed by atoms with E-state index in [0.29, 0.717) is 12.8 Å². The van der Waals surface area contributed by atoms with Crippen LogP contribution in [0.1, 0.15) is 66.2 Å². The van der Waals surface area contributed by atoms with E-state index in [2.05, 4.69) is 12.2 Å². The molecule has 0 aliphatic rings. The fraction of sp³-hybridized carbons (Fsp3) is 0.857. The Morgan fingerprint density at radius 3 is 2.17 bits per heavy atom. The molecule has 0 saturated heterocycles. The summed E-state index contributed by atoms with van der Waals surface area (Å²) in [6.45, 7) is 7.84. The molecule has 2 N–H and O–H groups in total.